The highest BCUT2D eigenvalue weighted by atomic mass is 16.5. The molecule has 2 aromatic rings. The van der Waals surface area contributed by atoms with E-state index in [-0.39, 0.29) is 0 Å². The van der Waals surface area contributed by atoms with E-state index in [9.17, 15) is 0 Å². The van der Waals surface area contributed by atoms with Crippen LogP contribution in [0.15, 0.2) is 12.4 Å². The molecule has 0 saturated heterocycles. The Bertz CT molecular complexity index is 543. The van der Waals surface area contributed by atoms with Gasteiger partial charge in [-0.1, -0.05) is 0 Å². The van der Waals surface area contributed by atoms with Crippen LogP contribution in [0.5, 0.6) is 0 Å². The van der Waals surface area contributed by atoms with E-state index >= 15 is 0 Å². The number of hydrogen-bond donors (Lipinski definition) is 1. The highest BCUT2D eigenvalue weighted by Gasteiger charge is 2.11. The summed E-state index contributed by atoms with van der Waals surface area (Å²) in [4.78, 5) is 4.32. The molecular weight excluding hydrogens is 242 g/mol. The first-order valence-electron chi connectivity index (χ1n) is 6.36. The zero-order valence-electron chi connectivity index (χ0n) is 12.0. The van der Waals surface area contributed by atoms with Crippen molar-refractivity contribution < 1.29 is 4.74 Å². The van der Waals surface area contributed by atoms with Gasteiger partial charge < -0.3 is 14.6 Å². The van der Waals surface area contributed by atoms with Crippen LogP contribution < -0.4 is 5.32 Å². The molecule has 0 aliphatic heterocycles. The summed E-state index contributed by atoms with van der Waals surface area (Å²) >= 11 is 0. The number of rotatable bonds is 6. The van der Waals surface area contributed by atoms with Crippen molar-refractivity contribution in [1.29, 1.82) is 0 Å². The van der Waals surface area contributed by atoms with Crippen molar-refractivity contribution in [3.63, 3.8) is 0 Å². The molecule has 0 aromatic carbocycles. The third-order valence-electron chi connectivity index (χ3n) is 3.29. The Morgan fingerprint density at radius 3 is 2.79 bits per heavy atom. The highest BCUT2D eigenvalue weighted by Crippen LogP contribution is 2.16. The molecule has 0 aliphatic rings. The average Bonchev–Trinajstić information content (AvgIpc) is 2.91. The third kappa shape index (κ3) is 2.96. The fourth-order valence-corrected chi connectivity index (χ4v) is 2.09. The monoisotopic (exact) mass is 263 g/mol. The van der Waals surface area contributed by atoms with Gasteiger partial charge in [0.25, 0.3) is 0 Å². The quantitative estimate of drug-likeness (QED) is 0.799. The standard InChI is InChI=1S/C13H21N5O/c1-10-12(11(2)17(3)16-10)9-18-7-5-14-13(18)15-6-8-19-4/h5,7H,6,8-9H2,1-4H3,(H,14,15). The predicted octanol–water partition coefficient (Wildman–Crippen LogP) is 1.34. The molecule has 0 radical (unpaired) electrons. The molecule has 0 bridgehead atoms. The number of anilines is 1. The number of imidazole rings is 1. The molecule has 0 aliphatic carbocycles. The Balaban J connectivity index is 2.13. The van der Waals surface area contributed by atoms with Gasteiger partial charge in [0.05, 0.1) is 18.8 Å². The minimum absolute atomic E-state index is 0.664. The van der Waals surface area contributed by atoms with Crippen LogP contribution in [0.4, 0.5) is 5.95 Å². The van der Waals surface area contributed by atoms with Gasteiger partial charge in [-0.25, -0.2) is 4.98 Å². The first-order chi connectivity index (χ1) is 9.13. The van der Waals surface area contributed by atoms with Crippen molar-refractivity contribution in [2.45, 2.75) is 20.4 Å². The molecule has 0 spiro atoms. The summed E-state index contributed by atoms with van der Waals surface area (Å²) in [6.07, 6.45) is 3.77. The van der Waals surface area contributed by atoms with E-state index in [0.29, 0.717) is 6.61 Å². The molecule has 1 N–H and O–H groups in total. The lowest BCUT2D eigenvalue weighted by Crippen LogP contribution is -2.13. The Morgan fingerprint density at radius 1 is 1.37 bits per heavy atom. The van der Waals surface area contributed by atoms with Gasteiger partial charge in [-0.3, -0.25) is 4.68 Å². The number of aromatic nitrogens is 4. The fraction of sp³-hybridized carbons (Fsp3) is 0.538. The highest BCUT2D eigenvalue weighted by molar-refractivity contribution is 5.30. The first kappa shape index (κ1) is 13.6. The van der Waals surface area contributed by atoms with Crippen LogP contribution in [0.1, 0.15) is 17.0 Å². The van der Waals surface area contributed by atoms with Gasteiger partial charge in [-0.15, -0.1) is 0 Å². The summed E-state index contributed by atoms with van der Waals surface area (Å²) < 4.78 is 9.03. The topological polar surface area (TPSA) is 56.9 Å². The Morgan fingerprint density at radius 2 is 2.16 bits per heavy atom. The van der Waals surface area contributed by atoms with Gasteiger partial charge in [-0.05, 0) is 13.8 Å². The molecule has 2 aromatic heterocycles. The second kappa shape index (κ2) is 5.88. The van der Waals surface area contributed by atoms with Gasteiger partial charge >= 0.3 is 0 Å². The van der Waals surface area contributed by atoms with Crippen LogP contribution in [-0.4, -0.2) is 39.6 Å². The molecule has 19 heavy (non-hydrogen) atoms. The van der Waals surface area contributed by atoms with Crippen molar-refractivity contribution in [2.24, 2.45) is 7.05 Å². The predicted molar refractivity (Wildman–Crippen MR) is 74.4 cm³/mol. The van der Waals surface area contributed by atoms with E-state index in [1.807, 2.05) is 24.9 Å². The van der Waals surface area contributed by atoms with Gasteiger partial charge in [-0.2, -0.15) is 5.10 Å². The lowest BCUT2D eigenvalue weighted by Gasteiger charge is -2.10. The number of nitrogens with zero attached hydrogens (tertiary/aromatic N) is 4. The molecule has 6 heteroatoms. The maximum Gasteiger partial charge on any atom is 0.203 e. The zero-order valence-corrected chi connectivity index (χ0v) is 12.0. The molecule has 2 heterocycles. The van der Waals surface area contributed by atoms with E-state index < -0.39 is 0 Å². The lowest BCUT2D eigenvalue weighted by atomic mass is 10.2. The van der Waals surface area contributed by atoms with Crippen LogP contribution in [-0.2, 0) is 18.3 Å². The van der Waals surface area contributed by atoms with Crippen molar-refractivity contribution in [3.05, 3.63) is 29.3 Å². The first-order valence-corrected chi connectivity index (χ1v) is 6.36. The molecule has 2 rings (SSSR count). The molecule has 0 atom stereocenters. The van der Waals surface area contributed by atoms with Crippen molar-refractivity contribution in [1.82, 2.24) is 19.3 Å². The number of methoxy groups -OCH3 is 1. The summed E-state index contributed by atoms with van der Waals surface area (Å²) in [5.41, 5.74) is 3.50. The Hall–Kier alpha value is -1.82. The number of ether oxygens (including phenoxy) is 1. The van der Waals surface area contributed by atoms with E-state index in [0.717, 1.165) is 24.7 Å². The molecule has 0 fully saturated rings. The SMILES string of the molecule is COCCNc1nccn1Cc1c(C)nn(C)c1C. The number of nitrogens with one attached hydrogen (secondary N) is 1. The number of hydrogen-bond acceptors (Lipinski definition) is 4. The summed E-state index contributed by atoms with van der Waals surface area (Å²) in [6, 6.07) is 0. The smallest absolute Gasteiger partial charge is 0.203 e. The lowest BCUT2D eigenvalue weighted by molar-refractivity contribution is 0.210. The molecule has 6 nitrogen and oxygen atoms in total. The second-order valence-corrected chi connectivity index (χ2v) is 4.57. The minimum atomic E-state index is 0.664. The minimum Gasteiger partial charge on any atom is -0.383 e. The zero-order chi connectivity index (χ0) is 13.8. The van der Waals surface area contributed by atoms with Gasteiger partial charge in [0, 0.05) is 44.4 Å². The van der Waals surface area contributed by atoms with Crippen molar-refractivity contribution >= 4 is 5.95 Å². The molecule has 0 saturated carbocycles. The average molecular weight is 263 g/mol. The van der Waals surface area contributed by atoms with Gasteiger partial charge in [0.2, 0.25) is 5.95 Å². The third-order valence-corrected chi connectivity index (χ3v) is 3.29. The summed E-state index contributed by atoms with van der Waals surface area (Å²) in [6.45, 7) is 6.32. The van der Waals surface area contributed by atoms with Gasteiger partial charge in [0.15, 0.2) is 0 Å². The fourth-order valence-electron chi connectivity index (χ4n) is 2.09. The molecule has 104 valence electrons. The normalized spacial score (nSPS) is 10.9. The van der Waals surface area contributed by atoms with Crippen molar-refractivity contribution in [3.8, 4) is 0 Å². The molecule has 0 amide bonds. The molecular formula is C13H21N5O. The van der Waals surface area contributed by atoms with Crippen molar-refractivity contribution in [2.75, 3.05) is 25.6 Å². The number of aryl methyl sites for hydroxylation is 2. The van der Waals surface area contributed by atoms with Gasteiger partial charge in [0.1, 0.15) is 0 Å². The van der Waals surface area contributed by atoms with Crippen LogP contribution in [0, 0.1) is 13.8 Å². The van der Waals surface area contributed by atoms with Crippen LogP contribution in [0.2, 0.25) is 0 Å². The summed E-state index contributed by atoms with van der Waals surface area (Å²) in [5, 5.41) is 7.70. The summed E-state index contributed by atoms with van der Waals surface area (Å²) in [5.74, 6) is 0.861. The maximum absolute atomic E-state index is 5.03. The van der Waals surface area contributed by atoms with E-state index in [1.165, 1.54) is 11.3 Å². The second-order valence-electron chi connectivity index (χ2n) is 4.57. The van der Waals surface area contributed by atoms with Crippen LogP contribution in [0.25, 0.3) is 0 Å². The van der Waals surface area contributed by atoms with E-state index in [1.54, 1.807) is 13.3 Å². The van der Waals surface area contributed by atoms with Crippen LogP contribution in [0.3, 0.4) is 0 Å². The maximum atomic E-state index is 5.03. The van der Waals surface area contributed by atoms with Crippen LogP contribution >= 0.6 is 0 Å². The Kier molecular flexibility index (Phi) is 4.21. The molecule has 0 unspecified atom stereocenters. The van der Waals surface area contributed by atoms with E-state index in [2.05, 4.69) is 26.9 Å². The summed E-state index contributed by atoms with van der Waals surface area (Å²) in [7, 11) is 3.66. The largest absolute Gasteiger partial charge is 0.383 e. The Labute approximate surface area is 113 Å². The van der Waals surface area contributed by atoms with E-state index in [4.69, 9.17) is 4.74 Å².